The van der Waals surface area contributed by atoms with Crippen LogP contribution in [-0.4, -0.2) is 45.6 Å². The topological polar surface area (TPSA) is 137 Å². The Bertz CT molecular complexity index is 951. The lowest BCUT2D eigenvalue weighted by atomic mass is 10.2. The number of sulfonamides is 1. The normalized spacial score (nSPS) is 16.2. The highest BCUT2D eigenvalue weighted by Gasteiger charge is 2.28. The minimum Gasteiger partial charge on any atom is -0.336 e. The van der Waals surface area contributed by atoms with Crippen LogP contribution in [0.15, 0.2) is 33.1 Å². The van der Waals surface area contributed by atoms with Gasteiger partial charge in [-0.2, -0.15) is 4.31 Å². The third-order valence-electron chi connectivity index (χ3n) is 4.37. The van der Waals surface area contributed by atoms with E-state index in [-0.39, 0.29) is 20.6 Å². The van der Waals surface area contributed by atoms with E-state index in [0.717, 1.165) is 43.5 Å². The van der Waals surface area contributed by atoms with Gasteiger partial charge in [0.15, 0.2) is 0 Å². The quantitative estimate of drug-likeness (QED) is 0.447. The van der Waals surface area contributed by atoms with E-state index in [1.807, 2.05) is 0 Å². The van der Waals surface area contributed by atoms with Gasteiger partial charge in [-0.15, -0.1) is 10.2 Å². The number of hydrogen-bond donors (Lipinski definition) is 1. The van der Waals surface area contributed by atoms with Crippen LogP contribution in [-0.2, 0) is 10.0 Å². The van der Waals surface area contributed by atoms with Crippen LogP contribution in [0.3, 0.4) is 0 Å². The van der Waals surface area contributed by atoms with Crippen molar-refractivity contribution in [3.05, 3.63) is 34.1 Å². The lowest BCUT2D eigenvalue weighted by Gasteiger charge is -2.20. The van der Waals surface area contributed by atoms with E-state index in [0.29, 0.717) is 18.9 Å². The maximum absolute atomic E-state index is 12.9. The third kappa shape index (κ3) is 4.06. The van der Waals surface area contributed by atoms with Gasteiger partial charge in [0.25, 0.3) is 5.69 Å². The fraction of sp³-hybridized carbons (Fsp3) is 0.467. The molecular formula is C15H20N6O4S2. The van der Waals surface area contributed by atoms with Gasteiger partial charge >= 0.3 is 0 Å². The Labute approximate surface area is 160 Å². The molecule has 0 atom stereocenters. The molecule has 1 aliphatic heterocycles. The molecule has 0 spiro atoms. The molecular weight excluding hydrogens is 392 g/mol. The van der Waals surface area contributed by atoms with Crippen LogP contribution in [0.25, 0.3) is 0 Å². The molecule has 0 saturated carbocycles. The zero-order valence-electron chi connectivity index (χ0n) is 14.7. The van der Waals surface area contributed by atoms with Gasteiger partial charge in [0.05, 0.1) is 14.7 Å². The molecule has 0 amide bonds. The van der Waals surface area contributed by atoms with E-state index >= 15 is 0 Å². The number of aromatic nitrogens is 3. The van der Waals surface area contributed by atoms with Crippen LogP contribution in [0.5, 0.6) is 0 Å². The summed E-state index contributed by atoms with van der Waals surface area (Å²) in [7, 11) is -3.77. The number of benzene rings is 1. The van der Waals surface area contributed by atoms with E-state index in [9.17, 15) is 18.5 Å². The van der Waals surface area contributed by atoms with Crippen LogP contribution >= 0.6 is 11.8 Å². The van der Waals surface area contributed by atoms with Gasteiger partial charge in [0.2, 0.25) is 15.2 Å². The van der Waals surface area contributed by atoms with Crippen molar-refractivity contribution in [3.8, 4) is 0 Å². The molecule has 27 heavy (non-hydrogen) atoms. The fourth-order valence-electron chi connectivity index (χ4n) is 2.84. The van der Waals surface area contributed by atoms with E-state index in [1.54, 1.807) is 6.92 Å². The summed E-state index contributed by atoms with van der Waals surface area (Å²) in [6.45, 7) is 2.52. The monoisotopic (exact) mass is 412 g/mol. The largest absolute Gasteiger partial charge is 0.336 e. The van der Waals surface area contributed by atoms with Crippen LogP contribution < -0.4 is 5.84 Å². The van der Waals surface area contributed by atoms with Crippen molar-refractivity contribution < 1.29 is 13.3 Å². The van der Waals surface area contributed by atoms with Gasteiger partial charge in [0.1, 0.15) is 5.82 Å². The maximum atomic E-state index is 12.9. The third-order valence-corrected chi connectivity index (χ3v) is 7.29. The highest BCUT2D eigenvalue weighted by Crippen LogP contribution is 2.35. The number of hydrogen-bond acceptors (Lipinski definition) is 8. The van der Waals surface area contributed by atoms with Crippen molar-refractivity contribution in [1.82, 2.24) is 19.2 Å². The summed E-state index contributed by atoms with van der Waals surface area (Å²) in [4.78, 5) is 11.1. The second kappa shape index (κ2) is 7.82. The Balaban J connectivity index is 1.95. The zero-order chi connectivity index (χ0) is 19.6. The average Bonchev–Trinajstić information content (AvgIpc) is 2.85. The van der Waals surface area contributed by atoms with E-state index < -0.39 is 14.9 Å². The smallest absolute Gasteiger partial charge is 0.284 e. The molecule has 1 aromatic heterocycles. The molecule has 1 saturated heterocycles. The summed E-state index contributed by atoms with van der Waals surface area (Å²) < 4.78 is 28.4. The second-order valence-corrected chi connectivity index (χ2v) is 9.15. The van der Waals surface area contributed by atoms with Crippen LogP contribution in [0, 0.1) is 17.0 Å². The van der Waals surface area contributed by atoms with Gasteiger partial charge in [0, 0.05) is 19.2 Å². The number of nitrogen functional groups attached to an aromatic ring is 1. The molecule has 2 aromatic rings. The molecule has 10 nitrogen and oxygen atoms in total. The predicted octanol–water partition coefficient (Wildman–Crippen LogP) is 1.92. The van der Waals surface area contributed by atoms with E-state index in [4.69, 9.17) is 5.84 Å². The van der Waals surface area contributed by atoms with E-state index in [1.165, 1.54) is 21.1 Å². The van der Waals surface area contributed by atoms with Crippen LogP contribution in [0.4, 0.5) is 5.69 Å². The molecule has 1 fully saturated rings. The summed E-state index contributed by atoms with van der Waals surface area (Å²) >= 11 is 0.963. The van der Waals surface area contributed by atoms with Gasteiger partial charge in [-0.3, -0.25) is 10.1 Å². The minimum atomic E-state index is -3.77. The first kappa shape index (κ1) is 19.6. The number of nitrogens with zero attached hydrogens (tertiary/aromatic N) is 5. The summed E-state index contributed by atoms with van der Waals surface area (Å²) in [5, 5.41) is 19.5. The van der Waals surface area contributed by atoms with Gasteiger partial charge in [-0.05, 0) is 43.7 Å². The molecule has 0 radical (unpaired) electrons. The summed E-state index contributed by atoms with van der Waals surface area (Å²) in [5.41, 5.74) is -0.309. The lowest BCUT2D eigenvalue weighted by molar-refractivity contribution is -0.388. The molecule has 0 bridgehead atoms. The van der Waals surface area contributed by atoms with Crippen molar-refractivity contribution in [3.63, 3.8) is 0 Å². The summed E-state index contributed by atoms with van der Waals surface area (Å²) in [5.74, 6) is 6.25. The zero-order valence-corrected chi connectivity index (χ0v) is 16.4. The number of nitro benzene ring substituents is 1. The number of aryl methyl sites for hydroxylation is 1. The van der Waals surface area contributed by atoms with Crippen LogP contribution in [0.2, 0.25) is 0 Å². The number of nitrogens with two attached hydrogens (primary N) is 1. The average molecular weight is 412 g/mol. The molecule has 2 N–H and O–H groups in total. The molecule has 12 heteroatoms. The van der Waals surface area contributed by atoms with Gasteiger partial charge in [-0.1, -0.05) is 12.8 Å². The SMILES string of the molecule is Cc1nnc(Sc2ccc(S(=O)(=O)N3CCCCCC3)cc2[N+](=O)[O-])n1N. The molecule has 1 aromatic carbocycles. The summed E-state index contributed by atoms with van der Waals surface area (Å²) in [6, 6.07) is 3.91. The fourth-order valence-corrected chi connectivity index (χ4v) is 5.26. The standard InChI is InChI=1S/C15H20N6O4S2/c1-11-17-18-15(20(11)16)26-14-7-6-12(10-13(14)21(22)23)27(24,25)19-8-4-2-3-5-9-19/h6-7,10H,2-5,8-9,16H2,1H3. The Morgan fingerprint density at radius 1 is 1.19 bits per heavy atom. The Morgan fingerprint density at radius 2 is 1.85 bits per heavy atom. The first-order chi connectivity index (χ1) is 12.8. The highest BCUT2D eigenvalue weighted by atomic mass is 32.2. The lowest BCUT2D eigenvalue weighted by Crippen LogP contribution is -2.31. The Morgan fingerprint density at radius 3 is 2.41 bits per heavy atom. The van der Waals surface area contributed by atoms with Gasteiger partial charge in [-0.25, -0.2) is 13.1 Å². The number of rotatable bonds is 5. The van der Waals surface area contributed by atoms with E-state index in [2.05, 4.69) is 10.2 Å². The molecule has 1 aliphatic rings. The second-order valence-electron chi connectivity index (χ2n) is 6.21. The van der Waals surface area contributed by atoms with Crippen molar-refractivity contribution >= 4 is 27.5 Å². The molecule has 0 unspecified atom stereocenters. The molecule has 2 heterocycles. The highest BCUT2D eigenvalue weighted by molar-refractivity contribution is 7.99. The van der Waals surface area contributed by atoms with Crippen molar-refractivity contribution in [2.24, 2.45) is 0 Å². The van der Waals surface area contributed by atoms with Crippen LogP contribution in [0.1, 0.15) is 31.5 Å². The Kier molecular flexibility index (Phi) is 5.67. The predicted molar refractivity (Wildman–Crippen MR) is 99.4 cm³/mol. The van der Waals surface area contributed by atoms with Crippen molar-refractivity contribution in [1.29, 1.82) is 0 Å². The number of nitro groups is 1. The molecule has 3 rings (SSSR count). The molecule has 146 valence electrons. The van der Waals surface area contributed by atoms with Crippen molar-refractivity contribution in [2.75, 3.05) is 18.9 Å². The van der Waals surface area contributed by atoms with Gasteiger partial charge < -0.3 is 5.84 Å². The van der Waals surface area contributed by atoms with Crippen molar-refractivity contribution in [2.45, 2.75) is 47.6 Å². The first-order valence-corrected chi connectivity index (χ1v) is 10.7. The maximum Gasteiger partial charge on any atom is 0.284 e. The Hall–Kier alpha value is -2.18. The minimum absolute atomic E-state index is 0.0779. The first-order valence-electron chi connectivity index (χ1n) is 8.44. The molecule has 0 aliphatic carbocycles. The summed E-state index contributed by atoms with van der Waals surface area (Å²) in [6.07, 6.45) is 3.56.